The van der Waals surface area contributed by atoms with Gasteiger partial charge >= 0.3 is 12.0 Å². The van der Waals surface area contributed by atoms with E-state index in [1.807, 2.05) is 0 Å². The van der Waals surface area contributed by atoms with Crippen LogP contribution in [-0.2, 0) is 4.79 Å². The molecule has 1 aromatic rings. The van der Waals surface area contributed by atoms with Gasteiger partial charge in [0, 0.05) is 10.7 Å². The molecule has 1 aromatic carbocycles. The molecule has 7 heteroatoms. The summed E-state index contributed by atoms with van der Waals surface area (Å²) in [5, 5.41) is 22.6. The normalized spacial score (nSPS) is 11.7. The first kappa shape index (κ1) is 14.3. The topological polar surface area (TPSA) is 98.7 Å². The van der Waals surface area contributed by atoms with E-state index >= 15 is 0 Å². The number of carbonyl (C=O) groups is 2. The van der Waals surface area contributed by atoms with Crippen LogP contribution in [-0.4, -0.2) is 34.9 Å². The Balaban J connectivity index is 2.67. The minimum atomic E-state index is -1.34. The second kappa shape index (κ2) is 6.23. The number of aryl methyl sites for hydroxylation is 1. The standard InChI is InChI=1S/C11H13ClN2O4/c1-6-4-7(12)2-3-8(6)13-11(18)14-9(5-15)10(16)17/h2-4,9,15H,5H2,1H3,(H,16,17)(H2,13,14,18)/t9-/m0/s1. The Hall–Kier alpha value is -1.79. The summed E-state index contributed by atoms with van der Waals surface area (Å²) in [4.78, 5) is 22.1. The zero-order chi connectivity index (χ0) is 13.7. The van der Waals surface area contributed by atoms with Crippen molar-refractivity contribution in [2.45, 2.75) is 13.0 Å². The van der Waals surface area contributed by atoms with Crippen LogP contribution in [0.4, 0.5) is 10.5 Å². The highest BCUT2D eigenvalue weighted by atomic mass is 35.5. The maximum atomic E-state index is 11.5. The van der Waals surface area contributed by atoms with E-state index in [2.05, 4.69) is 10.6 Å². The van der Waals surface area contributed by atoms with Crippen LogP contribution in [0.15, 0.2) is 18.2 Å². The number of benzene rings is 1. The lowest BCUT2D eigenvalue weighted by molar-refractivity contribution is -0.140. The summed E-state index contributed by atoms with van der Waals surface area (Å²) in [5.74, 6) is -1.31. The van der Waals surface area contributed by atoms with Gasteiger partial charge in [-0.2, -0.15) is 0 Å². The third kappa shape index (κ3) is 3.90. The number of carboxylic acid groups (broad SMARTS) is 1. The lowest BCUT2D eigenvalue weighted by Crippen LogP contribution is -2.45. The predicted octanol–water partition coefficient (Wildman–Crippen LogP) is 1.22. The molecule has 0 saturated carbocycles. The highest BCUT2D eigenvalue weighted by molar-refractivity contribution is 6.30. The van der Waals surface area contributed by atoms with E-state index < -0.39 is 24.6 Å². The van der Waals surface area contributed by atoms with Crippen LogP contribution in [0.3, 0.4) is 0 Å². The minimum absolute atomic E-state index is 0.513. The number of hydrogen-bond acceptors (Lipinski definition) is 3. The predicted molar refractivity (Wildman–Crippen MR) is 66.9 cm³/mol. The number of aliphatic carboxylic acids is 1. The van der Waals surface area contributed by atoms with Crippen molar-refractivity contribution >= 4 is 29.3 Å². The van der Waals surface area contributed by atoms with Crippen LogP contribution >= 0.6 is 11.6 Å². The van der Waals surface area contributed by atoms with Gasteiger partial charge in [-0.15, -0.1) is 0 Å². The van der Waals surface area contributed by atoms with Gasteiger partial charge in [0.1, 0.15) is 0 Å². The van der Waals surface area contributed by atoms with E-state index in [0.29, 0.717) is 10.7 Å². The smallest absolute Gasteiger partial charge is 0.328 e. The van der Waals surface area contributed by atoms with E-state index in [1.54, 1.807) is 25.1 Å². The van der Waals surface area contributed by atoms with Gasteiger partial charge < -0.3 is 20.8 Å². The first-order valence-corrected chi connectivity index (χ1v) is 5.49. The zero-order valence-corrected chi connectivity index (χ0v) is 10.4. The molecule has 1 atom stereocenters. The Labute approximate surface area is 109 Å². The fraction of sp³-hybridized carbons (Fsp3) is 0.273. The zero-order valence-electron chi connectivity index (χ0n) is 9.61. The fourth-order valence-corrected chi connectivity index (χ4v) is 1.50. The number of carbonyl (C=O) groups excluding carboxylic acids is 1. The Bertz CT molecular complexity index is 464. The molecule has 0 saturated heterocycles. The molecule has 0 spiro atoms. The maximum Gasteiger partial charge on any atom is 0.328 e. The summed E-state index contributed by atoms with van der Waals surface area (Å²) in [7, 11) is 0. The second-order valence-corrected chi connectivity index (χ2v) is 4.07. The molecule has 4 N–H and O–H groups in total. The van der Waals surface area contributed by atoms with Crippen LogP contribution < -0.4 is 10.6 Å². The third-order valence-electron chi connectivity index (χ3n) is 2.22. The molecule has 0 radical (unpaired) electrons. The van der Waals surface area contributed by atoms with Crippen LogP contribution in [0.5, 0.6) is 0 Å². The van der Waals surface area contributed by atoms with Gasteiger partial charge in [-0.05, 0) is 30.7 Å². The number of aliphatic hydroxyl groups excluding tert-OH is 1. The number of amides is 2. The van der Waals surface area contributed by atoms with Crippen molar-refractivity contribution < 1.29 is 19.8 Å². The van der Waals surface area contributed by atoms with E-state index in [4.69, 9.17) is 21.8 Å². The second-order valence-electron chi connectivity index (χ2n) is 3.63. The van der Waals surface area contributed by atoms with Crippen LogP contribution in [0.1, 0.15) is 5.56 Å². The Morgan fingerprint density at radius 1 is 1.44 bits per heavy atom. The molecule has 18 heavy (non-hydrogen) atoms. The number of hydrogen-bond donors (Lipinski definition) is 4. The van der Waals surface area contributed by atoms with Crippen LogP contribution in [0.25, 0.3) is 0 Å². The number of urea groups is 1. The Kier molecular flexibility index (Phi) is 4.94. The van der Waals surface area contributed by atoms with Crippen molar-refractivity contribution in [3.05, 3.63) is 28.8 Å². The van der Waals surface area contributed by atoms with Crippen molar-refractivity contribution in [2.24, 2.45) is 0 Å². The molecule has 0 aliphatic heterocycles. The van der Waals surface area contributed by atoms with E-state index in [9.17, 15) is 9.59 Å². The summed E-state index contributed by atoms with van der Waals surface area (Å²) in [6.07, 6.45) is 0. The molecule has 0 fully saturated rings. The summed E-state index contributed by atoms with van der Waals surface area (Å²) in [5.41, 5.74) is 1.26. The van der Waals surface area contributed by atoms with Crippen molar-refractivity contribution in [2.75, 3.05) is 11.9 Å². The largest absolute Gasteiger partial charge is 0.480 e. The molecule has 0 aromatic heterocycles. The van der Waals surface area contributed by atoms with Crippen molar-refractivity contribution in [3.63, 3.8) is 0 Å². The van der Waals surface area contributed by atoms with Crippen LogP contribution in [0.2, 0.25) is 5.02 Å². The molecular formula is C11H13ClN2O4. The minimum Gasteiger partial charge on any atom is -0.480 e. The molecule has 0 bridgehead atoms. The molecule has 0 unspecified atom stereocenters. The third-order valence-corrected chi connectivity index (χ3v) is 2.46. The Morgan fingerprint density at radius 2 is 2.11 bits per heavy atom. The molecule has 2 amide bonds. The Morgan fingerprint density at radius 3 is 2.61 bits per heavy atom. The van der Waals surface area contributed by atoms with Crippen molar-refractivity contribution in [3.8, 4) is 0 Å². The number of halogens is 1. The number of nitrogens with one attached hydrogen (secondary N) is 2. The molecule has 6 nitrogen and oxygen atoms in total. The first-order valence-electron chi connectivity index (χ1n) is 5.11. The number of rotatable bonds is 4. The van der Waals surface area contributed by atoms with Gasteiger partial charge in [-0.1, -0.05) is 11.6 Å². The average molecular weight is 273 g/mol. The number of aliphatic hydroxyl groups is 1. The lowest BCUT2D eigenvalue weighted by atomic mass is 10.2. The number of carboxylic acids is 1. The SMILES string of the molecule is Cc1cc(Cl)ccc1NC(=O)N[C@@H](CO)C(=O)O. The van der Waals surface area contributed by atoms with Gasteiger partial charge in [0.25, 0.3) is 0 Å². The summed E-state index contributed by atoms with van der Waals surface area (Å²) in [6.45, 7) is 1.07. The molecule has 98 valence electrons. The van der Waals surface area contributed by atoms with Gasteiger partial charge in [0.05, 0.1) is 6.61 Å². The monoisotopic (exact) mass is 272 g/mol. The van der Waals surface area contributed by atoms with E-state index in [-0.39, 0.29) is 0 Å². The molecule has 0 aliphatic carbocycles. The molecule has 1 rings (SSSR count). The molecule has 0 aliphatic rings. The lowest BCUT2D eigenvalue weighted by Gasteiger charge is -2.13. The summed E-state index contributed by atoms with van der Waals surface area (Å²) < 4.78 is 0. The van der Waals surface area contributed by atoms with Crippen molar-refractivity contribution in [1.82, 2.24) is 5.32 Å². The quantitative estimate of drug-likeness (QED) is 0.662. The highest BCUT2D eigenvalue weighted by Gasteiger charge is 2.18. The van der Waals surface area contributed by atoms with Crippen LogP contribution in [0, 0.1) is 6.92 Å². The molecular weight excluding hydrogens is 260 g/mol. The van der Waals surface area contributed by atoms with E-state index in [1.165, 1.54) is 0 Å². The summed E-state index contributed by atoms with van der Waals surface area (Å²) in [6, 6.07) is 2.83. The highest BCUT2D eigenvalue weighted by Crippen LogP contribution is 2.19. The number of anilines is 1. The maximum absolute atomic E-state index is 11.5. The van der Waals surface area contributed by atoms with Gasteiger partial charge in [-0.25, -0.2) is 9.59 Å². The summed E-state index contributed by atoms with van der Waals surface area (Å²) >= 11 is 5.76. The van der Waals surface area contributed by atoms with Crippen molar-refractivity contribution in [1.29, 1.82) is 0 Å². The van der Waals surface area contributed by atoms with E-state index in [0.717, 1.165) is 5.56 Å². The fourth-order valence-electron chi connectivity index (χ4n) is 1.27. The van der Waals surface area contributed by atoms with Gasteiger partial charge in [0.15, 0.2) is 6.04 Å². The van der Waals surface area contributed by atoms with Gasteiger partial charge in [-0.3, -0.25) is 0 Å². The average Bonchev–Trinajstić information content (AvgIpc) is 2.29. The first-order chi connectivity index (χ1) is 8.43. The van der Waals surface area contributed by atoms with Gasteiger partial charge in [0.2, 0.25) is 0 Å². The molecule has 0 heterocycles.